The highest BCUT2D eigenvalue weighted by atomic mass is 35.5. The summed E-state index contributed by atoms with van der Waals surface area (Å²) in [7, 11) is 0. The fourth-order valence-electron chi connectivity index (χ4n) is 2.31. The van der Waals surface area contributed by atoms with Gasteiger partial charge < -0.3 is 15.4 Å². The minimum Gasteiger partial charge on any atom is -0.397 e. The van der Waals surface area contributed by atoms with Gasteiger partial charge in [-0.05, 0) is 38.0 Å². The molecule has 1 atom stereocenters. The standard InChI is InChI=1S/C13H19ClN2O/c1-9-8-16(6-3-7-17-9)13-10(2)11(14)4-5-12(13)15/h4-5,9H,3,6-8,15H2,1-2H3. The van der Waals surface area contributed by atoms with Crippen LogP contribution in [0.1, 0.15) is 18.9 Å². The van der Waals surface area contributed by atoms with E-state index in [4.69, 9.17) is 22.1 Å². The summed E-state index contributed by atoms with van der Waals surface area (Å²) in [6, 6.07) is 3.73. The minimum absolute atomic E-state index is 0.232. The van der Waals surface area contributed by atoms with E-state index in [-0.39, 0.29) is 6.10 Å². The lowest BCUT2D eigenvalue weighted by atomic mass is 10.1. The van der Waals surface area contributed by atoms with E-state index in [0.717, 1.165) is 48.1 Å². The van der Waals surface area contributed by atoms with E-state index >= 15 is 0 Å². The third-order valence-corrected chi connectivity index (χ3v) is 3.57. The lowest BCUT2D eigenvalue weighted by molar-refractivity contribution is 0.0821. The van der Waals surface area contributed by atoms with Crippen molar-refractivity contribution in [2.24, 2.45) is 0 Å². The number of rotatable bonds is 1. The number of halogens is 1. The van der Waals surface area contributed by atoms with E-state index in [0.29, 0.717) is 0 Å². The first-order valence-electron chi connectivity index (χ1n) is 6.00. The Balaban J connectivity index is 2.34. The van der Waals surface area contributed by atoms with Gasteiger partial charge in [0, 0.05) is 24.7 Å². The van der Waals surface area contributed by atoms with Crippen LogP contribution in [0.5, 0.6) is 0 Å². The monoisotopic (exact) mass is 254 g/mol. The fourth-order valence-corrected chi connectivity index (χ4v) is 2.47. The van der Waals surface area contributed by atoms with Crippen molar-refractivity contribution in [3.05, 3.63) is 22.7 Å². The molecule has 0 aromatic heterocycles. The van der Waals surface area contributed by atoms with Crippen molar-refractivity contribution in [2.45, 2.75) is 26.4 Å². The van der Waals surface area contributed by atoms with Crippen LogP contribution in [-0.4, -0.2) is 25.8 Å². The molecule has 0 amide bonds. The molecule has 4 heteroatoms. The minimum atomic E-state index is 0.232. The van der Waals surface area contributed by atoms with Gasteiger partial charge in [-0.3, -0.25) is 0 Å². The van der Waals surface area contributed by atoms with Crippen LogP contribution in [0.15, 0.2) is 12.1 Å². The molecule has 17 heavy (non-hydrogen) atoms. The first kappa shape index (κ1) is 12.5. The number of ether oxygens (including phenoxy) is 1. The Morgan fingerprint density at radius 1 is 1.47 bits per heavy atom. The molecule has 1 aliphatic heterocycles. The van der Waals surface area contributed by atoms with E-state index in [9.17, 15) is 0 Å². The summed E-state index contributed by atoms with van der Waals surface area (Å²) >= 11 is 6.17. The van der Waals surface area contributed by atoms with Gasteiger partial charge in [-0.2, -0.15) is 0 Å². The largest absolute Gasteiger partial charge is 0.397 e. The number of benzene rings is 1. The van der Waals surface area contributed by atoms with Crippen molar-refractivity contribution in [1.29, 1.82) is 0 Å². The van der Waals surface area contributed by atoms with Gasteiger partial charge in [0.15, 0.2) is 0 Å². The number of nitrogens with zero attached hydrogens (tertiary/aromatic N) is 1. The van der Waals surface area contributed by atoms with Crippen molar-refractivity contribution in [3.63, 3.8) is 0 Å². The summed E-state index contributed by atoms with van der Waals surface area (Å²) in [5.41, 5.74) is 8.99. The SMILES string of the molecule is Cc1c(Cl)ccc(N)c1N1CCCOC(C)C1. The Kier molecular flexibility index (Phi) is 3.79. The Hall–Kier alpha value is -0.930. The van der Waals surface area contributed by atoms with Crippen LogP contribution in [0.4, 0.5) is 11.4 Å². The van der Waals surface area contributed by atoms with E-state index in [1.54, 1.807) is 0 Å². The molecule has 1 unspecified atom stereocenters. The second-order valence-corrected chi connectivity index (χ2v) is 5.00. The van der Waals surface area contributed by atoms with Gasteiger partial charge in [-0.1, -0.05) is 11.6 Å². The van der Waals surface area contributed by atoms with Gasteiger partial charge in [0.2, 0.25) is 0 Å². The van der Waals surface area contributed by atoms with Crippen LogP contribution in [0.2, 0.25) is 5.02 Å². The summed E-state index contributed by atoms with van der Waals surface area (Å²) in [6.45, 7) is 6.76. The van der Waals surface area contributed by atoms with Crippen molar-refractivity contribution in [1.82, 2.24) is 0 Å². The van der Waals surface area contributed by atoms with E-state index in [1.807, 2.05) is 19.1 Å². The fraction of sp³-hybridized carbons (Fsp3) is 0.538. The zero-order chi connectivity index (χ0) is 12.4. The van der Waals surface area contributed by atoms with Crippen molar-refractivity contribution in [2.75, 3.05) is 30.3 Å². The molecule has 1 aliphatic rings. The van der Waals surface area contributed by atoms with Gasteiger partial charge in [-0.25, -0.2) is 0 Å². The van der Waals surface area contributed by atoms with Crippen LogP contribution < -0.4 is 10.6 Å². The summed E-state index contributed by atoms with van der Waals surface area (Å²) in [5, 5.41) is 0.770. The Labute approximate surface area is 107 Å². The van der Waals surface area contributed by atoms with Crippen LogP contribution in [0.3, 0.4) is 0 Å². The predicted molar refractivity (Wildman–Crippen MR) is 72.8 cm³/mol. The molecule has 2 rings (SSSR count). The van der Waals surface area contributed by atoms with Gasteiger partial charge in [0.05, 0.1) is 17.5 Å². The molecule has 3 nitrogen and oxygen atoms in total. The van der Waals surface area contributed by atoms with Crippen LogP contribution in [-0.2, 0) is 4.74 Å². The average Bonchev–Trinajstić information content (AvgIpc) is 2.49. The molecule has 0 bridgehead atoms. The van der Waals surface area contributed by atoms with E-state index in [2.05, 4.69) is 11.8 Å². The first-order valence-corrected chi connectivity index (χ1v) is 6.38. The van der Waals surface area contributed by atoms with Crippen LogP contribution in [0, 0.1) is 6.92 Å². The zero-order valence-corrected chi connectivity index (χ0v) is 11.1. The summed E-state index contributed by atoms with van der Waals surface area (Å²) in [6.07, 6.45) is 1.26. The number of nitrogens with two attached hydrogens (primary N) is 1. The van der Waals surface area contributed by atoms with Gasteiger partial charge in [-0.15, -0.1) is 0 Å². The molecule has 1 heterocycles. The van der Waals surface area contributed by atoms with Crippen molar-refractivity contribution in [3.8, 4) is 0 Å². The Morgan fingerprint density at radius 2 is 2.24 bits per heavy atom. The van der Waals surface area contributed by atoms with Crippen molar-refractivity contribution < 1.29 is 4.74 Å². The Bertz CT molecular complexity index is 409. The quantitative estimate of drug-likeness (QED) is 0.784. The second kappa shape index (κ2) is 5.15. The highest BCUT2D eigenvalue weighted by Gasteiger charge is 2.19. The molecule has 94 valence electrons. The van der Waals surface area contributed by atoms with Crippen LogP contribution in [0.25, 0.3) is 0 Å². The molecule has 1 fully saturated rings. The third-order valence-electron chi connectivity index (χ3n) is 3.16. The maximum Gasteiger partial charge on any atom is 0.0721 e. The number of anilines is 2. The van der Waals surface area contributed by atoms with Gasteiger partial charge >= 0.3 is 0 Å². The normalized spacial score (nSPS) is 21.4. The van der Waals surface area contributed by atoms with Crippen LogP contribution >= 0.6 is 11.6 Å². The number of hydrogen-bond acceptors (Lipinski definition) is 3. The molecular formula is C13H19ClN2O. The maximum atomic E-state index is 6.17. The molecule has 2 N–H and O–H groups in total. The second-order valence-electron chi connectivity index (χ2n) is 4.59. The maximum absolute atomic E-state index is 6.17. The number of nitrogen functional groups attached to an aromatic ring is 1. The summed E-state index contributed by atoms with van der Waals surface area (Å²) < 4.78 is 5.65. The molecule has 1 aromatic carbocycles. The molecule has 0 saturated carbocycles. The summed E-state index contributed by atoms with van der Waals surface area (Å²) in [5.74, 6) is 0. The molecular weight excluding hydrogens is 236 g/mol. The van der Waals surface area contributed by atoms with Crippen molar-refractivity contribution >= 4 is 23.0 Å². The molecule has 0 aliphatic carbocycles. The predicted octanol–water partition coefficient (Wildman–Crippen LogP) is 2.85. The highest BCUT2D eigenvalue weighted by molar-refractivity contribution is 6.32. The Morgan fingerprint density at radius 3 is 3.00 bits per heavy atom. The topological polar surface area (TPSA) is 38.5 Å². The van der Waals surface area contributed by atoms with Gasteiger partial charge in [0.1, 0.15) is 0 Å². The molecule has 0 radical (unpaired) electrons. The first-order chi connectivity index (χ1) is 8.09. The highest BCUT2D eigenvalue weighted by Crippen LogP contribution is 2.33. The number of hydrogen-bond donors (Lipinski definition) is 1. The zero-order valence-electron chi connectivity index (χ0n) is 10.4. The lowest BCUT2D eigenvalue weighted by Crippen LogP contribution is -2.31. The molecule has 1 saturated heterocycles. The molecule has 0 spiro atoms. The van der Waals surface area contributed by atoms with Gasteiger partial charge in [0.25, 0.3) is 0 Å². The summed E-state index contributed by atoms with van der Waals surface area (Å²) in [4.78, 5) is 2.29. The molecule has 1 aromatic rings. The smallest absolute Gasteiger partial charge is 0.0721 e. The van der Waals surface area contributed by atoms with E-state index < -0.39 is 0 Å². The third kappa shape index (κ3) is 2.67. The lowest BCUT2D eigenvalue weighted by Gasteiger charge is -2.27. The van der Waals surface area contributed by atoms with E-state index in [1.165, 1.54) is 0 Å². The average molecular weight is 255 g/mol.